The molecule has 1 fully saturated rings. The first-order valence-electron chi connectivity index (χ1n) is 4.17. The van der Waals surface area contributed by atoms with Gasteiger partial charge in [0.25, 0.3) is 0 Å². The van der Waals surface area contributed by atoms with Gasteiger partial charge < -0.3 is 15.7 Å². The molecule has 0 spiro atoms. The van der Waals surface area contributed by atoms with Gasteiger partial charge in [-0.1, -0.05) is 0 Å². The first-order valence-corrected chi connectivity index (χ1v) is 4.17. The molecule has 0 aromatic heterocycles. The maximum atomic E-state index is 11.5. The van der Waals surface area contributed by atoms with Crippen LogP contribution in [0, 0.1) is 0 Å². The van der Waals surface area contributed by atoms with Gasteiger partial charge in [-0.2, -0.15) is 0 Å². The molecule has 0 aliphatic carbocycles. The Bertz CT molecular complexity index is 186. The monoisotopic (exact) mass is 172 g/mol. The molecule has 1 rings (SSSR count). The van der Waals surface area contributed by atoms with Gasteiger partial charge in [0.05, 0.1) is 11.6 Å². The van der Waals surface area contributed by atoms with E-state index < -0.39 is 5.54 Å². The molecule has 70 valence electrons. The maximum Gasteiger partial charge on any atom is 0.242 e. The second kappa shape index (κ2) is 3.03. The van der Waals surface area contributed by atoms with Gasteiger partial charge in [0.15, 0.2) is 0 Å². The van der Waals surface area contributed by atoms with E-state index in [9.17, 15) is 9.90 Å². The van der Waals surface area contributed by atoms with Crippen LogP contribution < -0.4 is 5.73 Å². The number of carbonyl (C=O) groups excluding carboxylic acids is 1. The third-order valence-corrected chi connectivity index (χ3v) is 2.00. The van der Waals surface area contributed by atoms with Crippen molar-refractivity contribution in [2.24, 2.45) is 5.73 Å². The summed E-state index contributed by atoms with van der Waals surface area (Å²) in [5, 5.41) is 9.18. The predicted molar refractivity (Wildman–Crippen MR) is 45.5 cm³/mol. The summed E-state index contributed by atoms with van der Waals surface area (Å²) in [7, 11) is 0. The normalized spacial score (nSPS) is 24.7. The predicted octanol–water partition coefficient (Wildman–Crippen LogP) is -0.683. The molecule has 0 aromatic rings. The number of likely N-dealkylation sites (tertiary alicyclic amines) is 1. The van der Waals surface area contributed by atoms with Crippen molar-refractivity contribution in [3.63, 3.8) is 0 Å². The fourth-order valence-corrected chi connectivity index (χ4v) is 1.33. The lowest BCUT2D eigenvalue weighted by Crippen LogP contribution is -2.50. The van der Waals surface area contributed by atoms with Gasteiger partial charge >= 0.3 is 0 Å². The van der Waals surface area contributed by atoms with Crippen molar-refractivity contribution >= 4 is 5.91 Å². The SMILES string of the molecule is CC(C)(N)C(=O)N1CC[C@@H](O)C1. The molecule has 0 bridgehead atoms. The Morgan fingerprint density at radius 2 is 2.25 bits per heavy atom. The summed E-state index contributed by atoms with van der Waals surface area (Å²) in [6.07, 6.45) is 0.304. The van der Waals surface area contributed by atoms with Gasteiger partial charge in [-0.25, -0.2) is 0 Å². The molecule has 1 saturated heterocycles. The number of hydrogen-bond acceptors (Lipinski definition) is 3. The van der Waals surface area contributed by atoms with Gasteiger partial charge in [0, 0.05) is 13.1 Å². The van der Waals surface area contributed by atoms with Crippen molar-refractivity contribution in [1.29, 1.82) is 0 Å². The minimum Gasteiger partial charge on any atom is -0.391 e. The number of nitrogens with two attached hydrogens (primary N) is 1. The lowest BCUT2D eigenvalue weighted by Gasteiger charge is -2.25. The number of amides is 1. The van der Waals surface area contributed by atoms with E-state index in [0.717, 1.165) is 0 Å². The Hall–Kier alpha value is -0.610. The van der Waals surface area contributed by atoms with E-state index in [-0.39, 0.29) is 12.0 Å². The summed E-state index contributed by atoms with van der Waals surface area (Å²) in [4.78, 5) is 13.1. The van der Waals surface area contributed by atoms with Gasteiger partial charge in [0.1, 0.15) is 0 Å². The Labute approximate surface area is 72.3 Å². The molecule has 1 aliphatic rings. The Kier molecular flexibility index (Phi) is 2.39. The van der Waals surface area contributed by atoms with Crippen molar-refractivity contribution < 1.29 is 9.90 Å². The Balaban J connectivity index is 2.55. The van der Waals surface area contributed by atoms with Crippen LogP contribution in [0.15, 0.2) is 0 Å². The first-order chi connectivity index (χ1) is 5.41. The number of carbonyl (C=O) groups is 1. The summed E-state index contributed by atoms with van der Waals surface area (Å²) in [6.45, 7) is 4.42. The molecule has 3 N–H and O–H groups in total. The number of rotatable bonds is 1. The Morgan fingerprint density at radius 1 is 1.67 bits per heavy atom. The fourth-order valence-electron chi connectivity index (χ4n) is 1.33. The molecular formula is C8H16N2O2. The summed E-state index contributed by atoms with van der Waals surface area (Å²) >= 11 is 0. The van der Waals surface area contributed by atoms with E-state index in [0.29, 0.717) is 19.5 Å². The van der Waals surface area contributed by atoms with Crippen LogP contribution in [0.3, 0.4) is 0 Å². The lowest BCUT2D eigenvalue weighted by molar-refractivity contribution is -0.135. The minimum absolute atomic E-state index is 0.0842. The van der Waals surface area contributed by atoms with Gasteiger partial charge in [-0.15, -0.1) is 0 Å². The first kappa shape index (κ1) is 9.48. The third-order valence-electron chi connectivity index (χ3n) is 2.00. The second-order valence-corrected chi connectivity index (χ2v) is 3.92. The van der Waals surface area contributed by atoms with Crippen LogP contribution in [0.25, 0.3) is 0 Å². The quantitative estimate of drug-likeness (QED) is 0.550. The number of aliphatic hydroxyl groups is 1. The zero-order chi connectivity index (χ0) is 9.35. The molecule has 0 saturated carbocycles. The van der Waals surface area contributed by atoms with Crippen molar-refractivity contribution in [2.75, 3.05) is 13.1 Å². The number of aliphatic hydroxyl groups excluding tert-OH is 1. The zero-order valence-corrected chi connectivity index (χ0v) is 7.58. The summed E-state index contributed by atoms with van der Waals surface area (Å²) < 4.78 is 0. The minimum atomic E-state index is -0.815. The topological polar surface area (TPSA) is 66.6 Å². The highest BCUT2D eigenvalue weighted by molar-refractivity contribution is 5.85. The van der Waals surface area contributed by atoms with E-state index in [1.807, 2.05) is 0 Å². The van der Waals surface area contributed by atoms with Crippen molar-refractivity contribution in [3.05, 3.63) is 0 Å². The van der Waals surface area contributed by atoms with E-state index in [1.165, 1.54) is 0 Å². The summed E-state index contributed by atoms with van der Waals surface area (Å²) in [5.41, 5.74) is 4.82. The summed E-state index contributed by atoms with van der Waals surface area (Å²) in [5.74, 6) is -0.0842. The molecule has 1 atom stereocenters. The van der Waals surface area contributed by atoms with Crippen LogP contribution in [0.4, 0.5) is 0 Å². The smallest absolute Gasteiger partial charge is 0.242 e. The van der Waals surface area contributed by atoms with Crippen LogP contribution in [0.2, 0.25) is 0 Å². The number of hydrogen-bond donors (Lipinski definition) is 2. The van der Waals surface area contributed by atoms with Gasteiger partial charge in [0.2, 0.25) is 5.91 Å². The highest BCUT2D eigenvalue weighted by Crippen LogP contribution is 2.13. The number of nitrogens with zero attached hydrogens (tertiary/aromatic N) is 1. The average Bonchev–Trinajstić information content (AvgIpc) is 2.32. The molecule has 0 unspecified atom stereocenters. The molecule has 0 aromatic carbocycles. The molecule has 4 nitrogen and oxygen atoms in total. The van der Waals surface area contributed by atoms with Crippen molar-refractivity contribution in [3.8, 4) is 0 Å². The van der Waals surface area contributed by atoms with Crippen LogP contribution >= 0.6 is 0 Å². The maximum absolute atomic E-state index is 11.5. The highest BCUT2D eigenvalue weighted by Gasteiger charge is 2.32. The van der Waals surface area contributed by atoms with Crippen LogP contribution in [0.1, 0.15) is 20.3 Å². The molecule has 1 heterocycles. The van der Waals surface area contributed by atoms with Crippen molar-refractivity contribution in [2.45, 2.75) is 31.9 Å². The summed E-state index contributed by atoms with van der Waals surface area (Å²) in [6, 6.07) is 0. The molecule has 4 heteroatoms. The molecule has 0 radical (unpaired) electrons. The van der Waals surface area contributed by atoms with E-state index >= 15 is 0 Å². The standard InChI is InChI=1S/C8H16N2O2/c1-8(2,9)7(12)10-4-3-6(11)5-10/h6,11H,3-5,9H2,1-2H3/t6-/m1/s1. The molecule has 1 aliphatic heterocycles. The van der Waals surface area contributed by atoms with Gasteiger partial charge in [-0.05, 0) is 20.3 Å². The van der Waals surface area contributed by atoms with Gasteiger partial charge in [-0.3, -0.25) is 4.79 Å². The zero-order valence-electron chi connectivity index (χ0n) is 7.58. The molecular weight excluding hydrogens is 156 g/mol. The van der Waals surface area contributed by atoms with E-state index in [2.05, 4.69) is 0 Å². The molecule has 1 amide bonds. The largest absolute Gasteiger partial charge is 0.391 e. The number of β-amino-alcohol motifs (C(OH)–C–C–N with tert-alkyl or cyclic N) is 1. The highest BCUT2D eigenvalue weighted by atomic mass is 16.3. The third kappa shape index (κ3) is 1.95. The molecule has 12 heavy (non-hydrogen) atoms. The van der Waals surface area contributed by atoms with Crippen LogP contribution in [-0.4, -0.2) is 40.6 Å². The van der Waals surface area contributed by atoms with Crippen LogP contribution in [0.5, 0.6) is 0 Å². The fraction of sp³-hybridized carbons (Fsp3) is 0.875. The Morgan fingerprint density at radius 3 is 2.58 bits per heavy atom. The average molecular weight is 172 g/mol. The van der Waals surface area contributed by atoms with E-state index in [4.69, 9.17) is 5.73 Å². The van der Waals surface area contributed by atoms with Crippen molar-refractivity contribution in [1.82, 2.24) is 4.90 Å². The van der Waals surface area contributed by atoms with E-state index in [1.54, 1.807) is 18.7 Å². The lowest BCUT2D eigenvalue weighted by atomic mass is 10.1. The van der Waals surface area contributed by atoms with Crippen LogP contribution in [-0.2, 0) is 4.79 Å². The second-order valence-electron chi connectivity index (χ2n) is 3.92.